The highest BCUT2D eigenvalue weighted by atomic mass is 16.2. The van der Waals surface area contributed by atoms with E-state index in [0.29, 0.717) is 12.3 Å². The molecule has 1 aliphatic heterocycles. The summed E-state index contributed by atoms with van der Waals surface area (Å²) in [5.41, 5.74) is -0.308. The molecular weight excluding hydrogens is 294 g/mol. The Bertz CT molecular complexity index is 446. The molecule has 2 fully saturated rings. The van der Waals surface area contributed by atoms with Crippen LogP contribution < -0.4 is 10.6 Å². The highest BCUT2D eigenvalue weighted by molar-refractivity contribution is 5.97. The molecule has 0 aromatic carbocycles. The zero-order chi connectivity index (χ0) is 17.0. The summed E-state index contributed by atoms with van der Waals surface area (Å²) in [5, 5.41) is 5.81. The van der Waals surface area contributed by atoms with Crippen LogP contribution in [0.5, 0.6) is 0 Å². The third kappa shape index (κ3) is 5.22. The molecule has 2 rings (SSSR count). The van der Waals surface area contributed by atoms with Gasteiger partial charge in [0.15, 0.2) is 0 Å². The van der Waals surface area contributed by atoms with Gasteiger partial charge < -0.3 is 10.6 Å². The van der Waals surface area contributed by atoms with Crippen molar-refractivity contribution in [3.05, 3.63) is 0 Å². The summed E-state index contributed by atoms with van der Waals surface area (Å²) >= 11 is 0. The summed E-state index contributed by atoms with van der Waals surface area (Å²) in [4.78, 5) is 37.5. The molecule has 0 aromatic heterocycles. The smallest absolute Gasteiger partial charge is 0.324 e. The lowest BCUT2D eigenvalue weighted by atomic mass is 9.82. The maximum absolute atomic E-state index is 12.3. The fourth-order valence-corrected chi connectivity index (χ4v) is 3.44. The number of amides is 4. The van der Waals surface area contributed by atoms with Gasteiger partial charge in [-0.15, -0.1) is 0 Å². The van der Waals surface area contributed by atoms with Crippen molar-refractivity contribution >= 4 is 17.8 Å². The zero-order valence-electron chi connectivity index (χ0n) is 14.5. The summed E-state index contributed by atoms with van der Waals surface area (Å²) in [7, 11) is 0. The monoisotopic (exact) mass is 323 g/mol. The molecule has 4 amide bonds. The molecule has 23 heavy (non-hydrogen) atoms. The van der Waals surface area contributed by atoms with Crippen LogP contribution in [-0.4, -0.2) is 40.9 Å². The molecule has 2 aliphatic rings. The topological polar surface area (TPSA) is 78.5 Å². The Labute approximate surface area is 138 Å². The molecule has 1 saturated carbocycles. The van der Waals surface area contributed by atoms with E-state index in [0.717, 1.165) is 12.8 Å². The van der Waals surface area contributed by atoms with Crippen LogP contribution in [0.3, 0.4) is 0 Å². The molecule has 1 heterocycles. The molecule has 6 heteroatoms. The highest BCUT2D eigenvalue weighted by Gasteiger charge is 2.36. The summed E-state index contributed by atoms with van der Waals surface area (Å²) in [6.07, 6.45) is 6.30. The van der Waals surface area contributed by atoms with Crippen molar-refractivity contribution in [3.63, 3.8) is 0 Å². The van der Waals surface area contributed by atoms with E-state index in [4.69, 9.17) is 0 Å². The lowest BCUT2D eigenvalue weighted by Crippen LogP contribution is -2.57. The van der Waals surface area contributed by atoms with Gasteiger partial charge >= 0.3 is 6.03 Å². The average Bonchev–Trinajstić information content (AvgIpc) is 2.45. The third-order valence-electron chi connectivity index (χ3n) is 4.55. The van der Waals surface area contributed by atoms with Gasteiger partial charge in [0.1, 0.15) is 0 Å². The van der Waals surface area contributed by atoms with Crippen LogP contribution in [0.2, 0.25) is 0 Å². The van der Waals surface area contributed by atoms with Gasteiger partial charge in [0.2, 0.25) is 11.8 Å². The van der Waals surface area contributed by atoms with Crippen LogP contribution in [0.4, 0.5) is 4.79 Å². The summed E-state index contributed by atoms with van der Waals surface area (Å²) < 4.78 is 0. The highest BCUT2D eigenvalue weighted by Crippen LogP contribution is 2.29. The number of rotatable bonds is 4. The van der Waals surface area contributed by atoms with Crippen LogP contribution in [-0.2, 0) is 9.59 Å². The lowest BCUT2D eigenvalue weighted by Gasteiger charge is -2.37. The minimum atomic E-state index is -0.347. The van der Waals surface area contributed by atoms with E-state index >= 15 is 0 Å². The van der Waals surface area contributed by atoms with Gasteiger partial charge in [-0.3, -0.25) is 14.5 Å². The molecule has 0 aromatic rings. The number of nitrogens with zero attached hydrogens (tertiary/aromatic N) is 1. The number of imide groups is 1. The Hall–Kier alpha value is -1.59. The van der Waals surface area contributed by atoms with Crippen LogP contribution in [0, 0.1) is 5.92 Å². The molecule has 1 saturated heterocycles. The fraction of sp³-hybridized carbons (Fsp3) is 0.824. The maximum Gasteiger partial charge on any atom is 0.324 e. The minimum Gasteiger partial charge on any atom is -0.351 e. The fourth-order valence-electron chi connectivity index (χ4n) is 3.44. The maximum atomic E-state index is 12.3. The molecule has 2 N–H and O–H groups in total. The van der Waals surface area contributed by atoms with Crippen molar-refractivity contribution in [2.75, 3.05) is 6.54 Å². The predicted molar refractivity (Wildman–Crippen MR) is 87.7 cm³/mol. The van der Waals surface area contributed by atoms with Crippen molar-refractivity contribution < 1.29 is 14.4 Å². The van der Waals surface area contributed by atoms with Crippen molar-refractivity contribution in [2.24, 2.45) is 5.92 Å². The molecule has 0 bridgehead atoms. The zero-order valence-corrected chi connectivity index (χ0v) is 14.5. The molecular formula is C17H29N3O3. The lowest BCUT2D eigenvalue weighted by molar-refractivity contribution is -0.131. The molecule has 1 aliphatic carbocycles. The Morgan fingerprint density at radius 2 is 1.87 bits per heavy atom. The number of carbonyl (C=O) groups is 3. The van der Waals surface area contributed by atoms with E-state index in [2.05, 4.69) is 10.6 Å². The predicted octanol–water partition coefficient (Wildman–Crippen LogP) is 2.18. The second-order valence-electron chi connectivity index (χ2n) is 7.75. The third-order valence-corrected chi connectivity index (χ3v) is 4.55. The van der Waals surface area contributed by atoms with E-state index in [1.54, 1.807) is 0 Å². The Morgan fingerprint density at radius 3 is 2.43 bits per heavy atom. The number of hydrogen-bond donors (Lipinski definition) is 2. The van der Waals surface area contributed by atoms with Crippen LogP contribution in [0.25, 0.3) is 0 Å². The number of nitrogens with one attached hydrogen (secondary N) is 2. The van der Waals surface area contributed by atoms with Crippen molar-refractivity contribution in [2.45, 2.75) is 77.3 Å². The molecule has 1 atom stereocenters. The number of urea groups is 1. The van der Waals surface area contributed by atoms with E-state index in [9.17, 15) is 14.4 Å². The van der Waals surface area contributed by atoms with Gasteiger partial charge in [-0.25, -0.2) is 4.79 Å². The molecule has 0 spiro atoms. The normalized spacial score (nSPS) is 23.6. The Morgan fingerprint density at radius 1 is 1.22 bits per heavy atom. The van der Waals surface area contributed by atoms with E-state index in [1.807, 2.05) is 20.8 Å². The van der Waals surface area contributed by atoms with E-state index < -0.39 is 0 Å². The van der Waals surface area contributed by atoms with Crippen molar-refractivity contribution in [1.29, 1.82) is 0 Å². The standard InChI is InChI=1S/C17H29N3O3/c1-17(2,3)19-14(21)9-10-20-15(22)11-13(18-16(20)23)12-7-5-4-6-8-12/h12-13H,4-11H2,1-3H3,(H,18,23)(H,19,21). The van der Waals surface area contributed by atoms with Crippen molar-refractivity contribution in [3.8, 4) is 0 Å². The number of hydrogen-bond acceptors (Lipinski definition) is 3. The molecule has 6 nitrogen and oxygen atoms in total. The van der Waals surface area contributed by atoms with Crippen LogP contribution in [0.1, 0.15) is 65.7 Å². The first kappa shape index (κ1) is 17.8. The van der Waals surface area contributed by atoms with Gasteiger partial charge in [0.05, 0.1) is 0 Å². The van der Waals surface area contributed by atoms with Crippen LogP contribution >= 0.6 is 0 Å². The van der Waals surface area contributed by atoms with Gasteiger partial charge in [-0.05, 0) is 39.5 Å². The molecule has 0 radical (unpaired) electrons. The number of carbonyl (C=O) groups excluding carboxylic acids is 3. The SMILES string of the molecule is CC(C)(C)NC(=O)CCN1C(=O)CC(C2CCCCC2)NC1=O. The Balaban J connectivity index is 1.84. The minimum absolute atomic E-state index is 0.0325. The molecule has 1 unspecified atom stereocenters. The van der Waals surface area contributed by atoms with Gasteiger partial charge in [0, 0.05) is 31.0 Å². The quantitative estimate of drug-likeness (QED) is 0.832. The second kappa shape index (κ2) is 7.32. The summed E-state index contributed by atoms with van der Waals surface area (Å²) in [6.45, 7) is 5.85. The van der Waals surface area contributed by atoms with E-state index in [1.165, 1.54) is 24.2 Å². The second-order valence-corrected chi connectivity index (χ2v) is 7.75. The van der Waals surface area contributed by atoms with Crippen LogP contribution in [0.15, 0.2) is 0 Å². The average molecular weight is 323 g/mol. The van der Waals surface area contributed by atoms with Crippen molar-refractivity contribution in [1.82, 2.24) is 15.5 Å². The van der Waals surface area contributed by atoms with E-state index in [-0.39, 0.29) is 42.4 Å². The van der Waals surface area contributed by atoms with Gasteiger partial charge in [0.25, 0.3) is 0 Å². The first-order chi connectivity index (χ1) is 10.8. The van der Waals surface area contributed by atoms with Gasteiger partial charge in [-0.2, -0.15) is 0 Å². The first-order valence-corrected chi connectivity index (χ1v) is 8.68. The summed E-state index contributed by atoms with van der Waals surface area (Å²) in [6, 6.07) is -0.379. The first-order valence-electron chi connectivity index (χ1n) is 8.68. The molecule has 130 valence electrons. The van der Waals surface area contributed by atoms with Gasteiger partial charge in [-0.1, -0.05) is 19.3 Å². The Kier molecular flexibility index (Phi) is 5.65. The summed E-state index contributed by atoms with van der Waals surface area (Å²) in [5.74, 6) is 0.114. The largest absolute Gasteiger partial charge is 0.351 e.